The summed E-state index contributed by atoms with van der Waals surface area (Å²) in [5, 5.41) is 11.1. The molecule has 1 aromatic carbocycles. The second kappa shape index (κ2) is 11.1. The van der Waals surface area contributed by atoms with Gasteiger partial charge in [0.2, 0.25) is 5.91 Å². The van der Waals surface area contributed by atoms with E-state index in [1.165, 1.54) is 38.5 Å². The molecule has 5 rings (SSSR count). The van der Waals surface area contributed by atoms with Gasteiger partial charge in [0.1, 0.15) is 0 Å². The summed E-state index contributed by atoms with van der Waals surface area (Å²) in [4.78, 5) is 32.2. The number of rotatable bonds is 6. The third-order valence-corrected chi connectivity index (χ3v) is 9.22. The van der Waals surface area contributed by atoms with E-state index in [1.54, 1.807) is 4.57 Å². The summed E-state index contributed by atoms with van der Waals surface area (Å²) in [6.45, 7) is 3.32. The normalized spacial score (nSPS) is 25.1. The van der Waals surface area contributed by atoms with E-state index in [2.05, 4.69) is 4.90 Å². The van der Waals surface area contributed by atoms with Gasteiger partial charge in [-0.15, -0.1) is 0 Å². The number of para-hydroxylation sites is 1. The number of aliphatic hydroxyl groups excluding tert-OH is 1. The van der Waals surface area contributed by atoms with Crippen molar-refractivity contribution in [2.45, 2.75) is 95.2 Å². The molecule has 1 N–H and O–H groups in total. The van der Waals surface area contributed by atoms with E-state index in [0.29, 0.717) is 31.5 Å². The van der Waals surface area contributed by atoms with Gasteiger partial charge in [0.25, 0.3) is 5.56 Å². The van der Waals surface area contributed by atoms with Crippen molar-refractivity contribution in [2.75, 3.05) is 19.6 Å². The maximum Gasteiger partial charge on any atom is 0.255 e. The van der Waals surface area contributed by atoms with E-state index in [4.69, 9.17) is 0 Å². The Balaban J connectivity index is 1.49. The molecule has 0 bridgehead atoms. The maximum absolute atomic E-state index is 14.1. The van der Waals surface area contributed by atoms with Gasteiger partial charge >= 0.3 is 0 Å². The lowest BCUT2D eigenvalue weighted by Crippen LogP contribution is -2.59. The molecule has 2 aliphatic carbocycles. The minimum absolute atomic E-state index is 0.0127. The van der Waals surface area contributed by atoms with Crippen molar-refractivity contribution in [3.05, 3.63) is 46.2 Å². The Morgan fingerprint density at radius 1 is 1.00 bits per heavy atom. The lowest BCUT2D eigenvalue weighted by Gasteiger charge is -2.50. The van der Waals surface area contributed by atoms with E-state index in [1.807, 2.05) is 42.3 Å². The highest BCUT2D eigenvalue weighted by molar-refractivity contribution is 5.81. The second-order valence-corrected chi connectivity index (χ2v) is 11.6. The summed E-state index contributed by atoms with van der Waals surface area (Å²) < 4.78 is 1.73. The van der Waals surface area contributed by atoms with Crippen LogP contribution in [0.3, 0.4) is 0 Å². The second-order valence-electron chi connectivity index (χ2n) is 11.6. The predicted molar refractivity (Wildman–Crippen MR) is 144 cm³/mol. The van der Waals surface area contributed by atoms with E-state index < -0.39 is 0 Å². The van der Waals surface area contributed by atoms with Crippen molar-refractivity contribution in [2.24, 2.45) is 13.0 Å². The molecule has 1 amide bonds. The first-order chi connectivity index (χ1) is 17.5. The number of likely N-dealkylation sites (tertiary alicyclic amines) is 1. The van der Waals surface area contributed by atoms with Crippen LogP contribution >= 0.6 is 0 Å². The number of hydrogen-bond donors (Lipinski definition) is 1. The molecular formula is C30H43N3O3. The molecule has 6 heteroatoms. The van der Waals surface area contributed by atoms with Gasteiger partial charge in [-0.25, -0.2) is 0 Å². The van der Waals surface area contributed by atoms with Crippen molar-refractivity contribution < 1.29 is 9.90 Å². The van der Waals surface area contributed by atoms with Crippen molar-refractivity contribution in [1.29, 1.82) is 0 Å². The Hall–Kier alpha value is -2.18. The fourth-order valence-corrected chi connectivity index (χ4v) is 7.11. The van der Waals surface area contributed by atoms with Crippen LogP contribution in [-0.4, -0.2) is 56.7 Å². The van der Waals surface area contributed by atoms with Crippen LogP contribution in [0.25, 0.3) is 10.9 Å². The number of amides is 1. The number of hydrogen-bond acceptors (Lipinski definition) is 4. The lowest BCUT2D eigenvalue weighted by molar-refractivity contribution is -0.141. The van der Waals surface area contributed by atoms with Gasteiger partial charge in [0, 0.05) is 30.6 Å². The molecule has 1 aromatic heterocycles. The zero-order chi connectivity index (χ0) is 25.1. The van der Waals surface area contributed by atoms with E-state index in [-0.39, 0.29) is 29.0 Å². The lowest BCUT2D eigenvalue weighted by atomic mass is 9.78. The highest BCUT2D eigenvalue weighted by Gasteiger charge is 2.42. The Kier molecular flexibility index (Phi) is 7.82. The molecule has 6 nitrogen and oxygen atoms in total. The van der Waals surface area contributed by atoms with Crippen molar-refractivity contribution in [1.82, 2.24) is 14.4 Å². The van der Waals surface area contributed by atoms with Gasteiger partial charge in [0.15, 0.2) is 0 Å². The fourth-order valence-electron chi connectivity index (χ4n) is 7.11. The smallest absolute Gasteiger partial charge is 0.255 e. The summed E-state index contributed by atoms with van der Waals surface area (Å²) in [6, 6.07) is 9.98. The molecule has 0 spiro atoms. The SMILES string of the molecule is Cn1c(=O)c(CN(CC2(N3CCCCC3)CCCCC2)C(=O)C2CCC(O)CC2)cc2ccccc21. The number of piperidine rings is 1. The summed E-state index contributed by atoms with van der Waals surface area (Å²) in [6.07, 6.45) is 12.3. The molecule has 36 heavy (non-hydrogen) atoms. The number of aryl methyl sites for hydroxylation is 1. The summed E-state index contributed by atoms with van der Waals surface area (Å²) >= 11 is 0. The van der Waals surface area contributed by atoms with Crippen molar-refractivity contribution in [3.8, 4) is 0 Å². The molecule has 1 aliphatic heterocycles. The zero-order valence-electron chi connectivity index (χ0n) is 22.0. The van der Waals surface area contributed by atoms with Gasteiger partial charge in [-0.2, -0.15) is 0 Å². The molecule has 0 unspecified atom stereocenters. The van der Waals surface area contributed by atoms with Gasteiger partial charge in [-0.05, 0) is 82.0 Å². The van der Waals surface area contributed by atoms with E-state index in [9.17, 15) is 14.7 Å². The van der Waals surface area contributed by atoms with Crippen LogP contribution in [0.1, 0.15) is 82.6 Å². The number of fused-ring (bicyclic) bond motifs is 1. The third kappa shape index (κ3) is 5.26. The van der Waals surface area contributed by atoms with Gasteiger partial charge in [0.05, 0.1) is 18.2 Å². The molecule has 0 radical (unpaired) electrons. The van der Waals surface area contributed by atoms with Crippen molar-refractivity contribution in [3.63, 3.8) is 0 Å². The Labute approximate surface area is 215 Å². The zero-order valence-corrected chi connectivity index (χ0v) is 22.0. The minimum Gasteiger partial charge on any atom is -0.393 e. The molecular weight excluding hydrogens is 450 g/mol. The van der Waals surface area contributed by atoms with Crippen LogP contribution in [0.4, 0.5) is 0 Å². The maximum atomic E-state index is 14.1. The molecule has 2 heterocycles. The highest BCUT2D eigenvalue weighted by Crippen LogP contribution is 2.37. The largest absolute Gasteiger partial charge is 0.393 e. The Morgan fingerprint density at radius 3 is 2.39 bits per heavy atom. The van der Waals surface area contributed by atoms with Crippen molar-refractivity contribution >= 4 is 16.8 Å². The summed E-state index contributed by atoms with van der Waals surface area (Å²) in [5.41, 5.74) is 1.62. The van der Waals surface area contributed by atoms with Crippen LogP contribution in [0.2, 0.25) is 0 Å². The molecule has 3 aliphatic rings. The van der Waals surface area contributed by atoms with E-state index in [0.717, 1.165) is 49.7 Å². The minimum atomic E-state index is -0.284. The first kappa shape index (κ1) is 25.5. The number of pyridine rings is 1. The number of aromatic nitrogens is 1. The Morgan fingerprint density at radius 2 is 1.67 bits per heavy atom. The molecule has 3 fully saturated rings. The predicted octanol–water partition coefficient (Wildman–Crippen LogP) is 4.61. The van der Waals surface area contributed by atoms with Crippen LogP contribution in [0.5, 0.6) is 0 Å². The summed E-state index contributed by atoms with van der Waals surface area (Å²) in [7, 11) is 1.83. The molecule has 1 saturated heterocycles. The van der Waals surface area contributed by atoms with Crippen LogP contribution in [-0.2, 0) is 18.4 Å². The fraction of sp³-hybridized carbons (Fsp3) is 0.667. The standard InChI is InChI=1S/C30H43N3O3/c1-31-27-11-5-4-10-24(27)20-25(28(31)35)21-32(29(36)23-12-14-26(34)15-13-23)22-30(16-6-2-7-17-30)33-18-8-3-9-19-33/h4-5,10-11,20,23,26,34H,2-3,6-9,12-19,21-22H2,1H3. The summed E-state index contributed by atoms with van der Waals surface area (Å²) in [5.74, 6) is 0.124. The number of carbonyl (C=O) groups is 1. The van der Waals surface area contributed by atoms with Gasteiger partial charge in [-0.3, -0.25) is 14.5 Å². The first-order valence-corrected chi connectivity index (χ1v) is 14.3. The average Bonchev–Trinajstić information content (AvgIpc) is 2.92. The Bertz CT molecular complexity index is 1110. The topological polar surface area (TPSA) is 65.8 Å². The quantitative estimate of drug-likeness (QED) is 0.638. The van der Waals surface area contributed by atoms with E-state index >= 15 is 0 Å². The highest BCUT2D eigenvalue weighted by atomic mass is 16.3. The van der Waals surface area contributed by atoms with Gasteiger partial charge < -0.3 is 14.6 Å². The molecule has 0 atom stereocenters. The molecule has 196 valence electrons. The number of aliphatic hydroxyl groups is 1. The third-order valence-electron chi connectivity index (χ3n) is 9.22. The van der Waals surface area contributed by atoms with Gasteiger partial charge in [-0.1, -0.05) is 43.9 Å². The van der Waals surface area contributed by atoms with Crippen LogP contribution in [0, 0.1) is 5.92 Å². The van der Waals surface area contributed by atoms with Crippen LogP contribution in [0.15, 0.2) is 35.1 Å². The average molecular weight is 494 g/mol. The van der Waals surface area contributed by atoms with Crippen LogP contribution < -0.4 is 5.56 Å². The number of benzene rings is 1. The number of carbonyl (C=O) groups excluding carboxylic acids is 1. The number of nitrogens with zero attached hydrogens (tertiary/aromatic N) is 3. The molecule has 2 aromatic rings. The monoisotopic (exact) mass is 493 g/mol. The molecule has 2 saturated carbocycles. The first-order valence-electron chi connectivity index (χ1n) is 14.3.